The molecule has 33 heavy (non-hydrogen) atoms. The van der Waals surface area contributed by atoms with Crippen LogP contribution < -0.4 is 0 Å². The molecule has 15 heteroatoms. The first-order chi connectivity index (χ1) is 14.8. The molecule has 182 valence electrons. The Balaban J connectivity index is 2.41. The third kappa shape index (κ3) is 4.24. The summed E-state index contributed by atoms with van der Waals surface area (Å²) in [5, 5.41) is 7.13. The third-order valence-electron chi connectivity index (χ3n) is 4.20. The molecule has 0 N–H and O–H groups in total. The zero-order valence-corrected chi connectivity index (χ0v) is 15.5. The number of hydrogen-bond donors (Lipinski definition) is 0. The summed E-state index contributed by atoms with van der Waals surface area (Å²) in [5.41, 5.74) is -2.13. The number of halogens is 13. The molecule has 2 aromatic rings. The number of azo groups is 1. The van der Waals surface area contributed by atoms with Gasteiger partial charge in [0.2, 0.25) is 0 Å². The van der Waals surface area contributed by atoms with Gasteiger partial charge in [0.1, 0.15) is 0 Å². The van der Waals surface area contributed by atoms with Crippen LogP contribution in [0.25, 0.3) is 0 Å². The highest BCUT2D eigenvalue weighted by Gasteiger charge is 2.90. The SMILES string of the molecule is FC(F)(F)C(F)(F)C(F)(F)C(F)(F)C(F)(F)C(F)(F)c1ccc(N=Nc2ccccc2)cc1. The third-order valence-corrected chi connectivity index (χ3v) is 4.20. The molecule has 0 heterocycles. The highest BCUT2D eigenvalue weighted by Crippen LogP contribution is 2.62. The number of alkyl halides is 13. The van der Waals surface area contributed by atoms with E-state index in [9.17, 15) is 57.1 Å². The minimum Gasteiger partial charge on any atom is -0.194 e. The summed E-state index contributed by atoms with van der Waals surface area (Å²) in [6.45, 7) is 0. The molecule has 0 fully saturated rings. The summed E-state index contributed by atoms with van der Waals surface area (Å²) in [4.78, 5) is 0. The van der Waals surface area contributed by atoms with Gasteiger partial charge in [-0.25, -0.2) is 0 Å². The van der Waals surface area contributed by atoms with E-state index in [1.165, 1.54) is 12.1 Å². The van der Waals surface area contributed by atoms with Gasteiger partial charge in [0.15, 0.2) is 0 Å². The average Bonchev–Trinajstić information content (AvgIpc) is 2.72. The topological polar surface area (TPSA) is 24.7 Å². The maximum atomic E-state index is 14.1. The van der Waals surface area contributed by atoms with Gasteiger partial charge in [-0.15, -0.1) is 0 Å². The Bertz CT molecular complexity index is 981. The molecular weight excluding hydrogens is 491 g/mol. The maximum Gasteiger partial charge on any atom is 0.460 e. The zero-order valence-electron chi connectivity index (χ0n) is 15.5. The average molecular weight is 500 g/mol. The van der Waals surface area contributed by atoms with Gasteiger partial charge in [0, 0.05) is 5.56 Å². The Morgan fingerprint density at radius 2 is 0.818 bits per heavy atom. The molecule has 0 aliphatic rings. The predicted molar refractivity (Wildman–Crippen MR) is 86.8 cm³/mol. The minimum absolute atomic E-state index is 0.0172. The monoisotopic (exact) mass is 500 g/mol. The summed E-state index contributed by atoms with van der Waals surface area (Å²) >= 11 is 0. The fraction of sp³-hybridized carbons (Fsp3) is 0.333. The molecule has 0 aliphatic heterocycles. The lowest BCUT2D eigenvalue weighted by atomic mass is 9.90. The van der Waals surface area contributed by atoms with Crippen LogP contribution in [0.4, 0.5) is 68.5 Å². The number of rotatable bonds is 7. The Morgan fingerprint density at radius 3 is 1.24 bits per heavy atom. The number of benzene rings is 2. The van der Waals surface area contributed by atoms with Crippen molar-refractivity contribution in [2.75, 3.05) is 0 Å². The van der Waals surface area contributed by atoms with E-state index in [1.807, 2.05) is 0 Å². The second-order valence-electron chi connectivity index (χ2n) is 6.45. The van der Waals surface area contributed by atoms with Crippen LogP contribution in [-0.2, 0) is 5.92 Å². The van der Waals surface area contributed by atoms with Crippen molar-refractivity contribution < 1.29 is 57.1 Å². The summed E-state index contributed by atoms with van der Waals surface area (Å²) in [5.74, 6) is -37.2. The lowest BCUT2D eigenvalue weighted by Crippen LogP contribution is -2.69. The largest absolute Gasteiger partial charge is 0.460 e. The second kappa shape index (κ2) is 8.17. The van der Waals surface area contributed by atoms with E-state index in [0.29, 0.717) is 12.1 Å². The van der Waals surface area contributed by atoms with E-state index >= 15 is 0 Å². The van der Waals surface area contributed by atoms with Crippen LogP contribution in [0.2, 0.25) is 0 Å². The van der Waals surface area contributed by atoms with Crippen molar-refractivity contribution in [2.24, 2.45) is 10.2 Å². The van der Waals surface area contributed by atoms with Crippen LogP contribution >= 0.6 is 0 Å². The molecule has 0 bridgehead atoms. The molecule has 0 saturated heterocycles. The van der Waals surface area contributed by atoms with Crippen LogP contribution in [0.3, 0.4) is 0 Å². The molecule has 2 nitrogen and oxygen atoms in total. The van der Waals surface area contributed by atoms with Crippen molar-refractivity contribution in [3.05, 3.63) is 60.2 Å². The summed E-state index contributed by atoms with van der Waals surface area (Å²) in [6, 6.07) is 8.67. The van der Waals surface area contributed by atoms with Gasteiger partial charge < -0.3 is 0 Å². The molecule has 0 aromatic heterocycles. The molecule has 0 atom stereocenters. The summed E-state index contributed by atoms with van der Waals surface area (Å²) < 4.78 is 172. The number of nitrogens with zero attached hydrogens (tertiary/aromatic N) is 2. The lowest BCUT2D eigenvalue weighted by Gasteiger charge is -2.39. The first kappa shape index (κ1) is 26.4. The first-order valence-corrected chi connectivity index (χ1v) is 8.34. The molecule has 0 unspecified atom stereocenters. The zero-order chi connectivity index (χ0) is 25.5. The standard InChI is InChI=1S/C18H9F13N2/c19-13(20,10-6-8-12(9-7-10)33-32-11-4-2-1-3-5-11)14(21,22)15(23,24)16(25,26)17(27,28)18(29,30)31/h1-9H. The van der Waals surface area contributed by atoms with E-state index in [-0.39, 0.29) is 23.5 Å². The fourth-order valence-corrected chi connectivity index (χ4v) is 2.30. The summed E-state index contributed by atoms with van der Waals surface area (Å²) in [6.07, 6.45) is -7.45. The maximum absolute atomic E-state index is 14.1. The molecular formula is C18H9F13N2. The van der Waals surface area contributed by atoms with Gasteiger partial charge in [-0.1, -0.05) is 30.3 Å². The molecule has 2 aromatic carbocycles. The quantitative estimate of drug-likeness (QED) is 0.270. The number of hydrogen-bond acceptors (Lipinski definition) is 2. The Kier molecular flexibility index (Phi) is 6.53. The van der Waals surface area contributed by atoms with Crippen molar-refractivity contribution in [3.8, 4) is 0 Å². The second-order valence-corrected chi connectivity index (χ2v) is 6.45. The van der Waals surface area contributed by atoms with Crippen LogP contribution in [0.15, 0.2) is 64.8 Å². The molecule has 0 aliphatic carbocycles. The molecule has 2 rings (SSSR count). The van der Waals surface area contributed by atoms with Crippen LogP contribution in [0.5, 0.6) is 0 Å². The molecule has 0 saturated carbocycles. The van der Waals surface area contributed by atoms with Crippen molar-refractivity contribution in [1.29, 1.82) is 0 Å². The van der Waals surface area contributed by atoms with E-state index in [0.717, 1.165) is 0 Å². The highest BCUT2D eigenvalue weighted by molar-refractivity contribution is 5.42. The van der Waals surface area contributed by atoms with Gasteiger partial charge >= 0.3 is 35.8 Å². The van der Waals surface area contributed by atoms with E-state index in [1.54, 1.807) is 18.2 Å². The Morgan fingerprint density at radius 1 is 0.424 bits per heavy atom. The van der Waals surface area contributed by atoms with Crippen LogP contribution in [-0.4, -0.2) is 29.9 Å². The van der Waals surface area contributed by atoms with Crippen LogP contribution in [0, 0.1) is 0 Å². The van der Waals surface area contributed by atoms with Crippen molar-refractivity contribution in [1.82, 2.24) is 0 Å². The smallest absolute Gasteiger partial charge is 0.194 e. The molecule has 0 radical (unpaired) electrons. The Hall–Kier alpha value is -2.87. The molecule has 0 amide bonds. The predicted octanol–water partition coefficient (Wildman–Crippen LogP) is 8.30. The minimum atomic E-state index is -7.94. The Labute approximate surface area is 175 Å². The van der Waals surface area contributed by atoms with E-state index in [4.69, 9.17) is 0 Å². The summed E-state index contributed by atoms with van der Waals surface area (Å²) in [7, 11) is 0. The first-order valence-electron chi connectivity index (χ1n) is 8.34. The molecule has 0 spiro atoms. The highest BCUT2D eigenvalue weighted by atomic mass is 19.4. The van der Waals surface area contributed by atoms with Crippen molar-refractivity contribution >= 4 is 11.4 Å². The van der Waals surface area contributed by atoms with Crippen molar-refractivity contribution in [3.63, 3.8) is 0 Å². The van der Waals surface area contributed by atoms with Gasteiger partial charge in [0.25, 0.3) is 0 Å². The fourth-order valence-electron chi connectivity index (χ4n) is 2.30. The van der Waals surface area contributed by atoms with Crippen LogP contribution in [0.1, 0.15) is 5.56 Å². The van der Waals surface area contributed by atoms with Gasteiger partial charge in [0.05, 0.1) is 11.4 Å². The lowest BCUT2D eigenvalue weighted by molar-refractivity contribution is -0.441. The van der Waals surface area contributed by atoms with Gasteiger partial charge in [-0.3, -0.25) is 0 Å². The van der Waals surface area contributed by atoms with Gasteiger partial charge in [-0.2, -0.15) is 67.3 Å². The van der Waals surface area contributed by atoms with Crippen molar-refractivity contribution in [2.45, 2.75) is 35.8 Å². The van der Waals surface area contributed by atoms with E-state index in [2.05, 4.69) is 10.2 Å². The normalized spacial score (nSPS) is 14.7. The van der Waals surface area contributed by atoms with E-state index < -0.39 is 41.4 Å². The van der Waals surface area contributed by atoms with Gasteiger partial charge in [-0.05, 0) is 24.3 Å².